The number of fused-ring (bicyclic) bond motifs is 3. The van der Waals surface area contributed by atoms with E-state index in [-0.39, 0.29) is 11.1 Å². The zero-order chi connectivity index (χ0) is 20.5. The molecule has 2 heterocycles. The van der Waals surface area contributed by atoms with Gasteiger partial charge >= 0.3 is 11.9 Å². The number of esters is 2. The van der Waals surface area contributed by atoms with Gasteiger partial charge in [-0.3, -0.25) is 0 Å². The van der Waals surface area contributed by atoms with Gasteiger partial charge in [-0.1, -0.05) is 6.92 Å². The highest BCUT2D eigenvalue weighted by Crippen LogP contribution is 2.40. The first-order valence-electron chi connectivity index (χ1n) is 9.34. The summed E-state index contributed by atoms with van der Waals surface area (Å²) in [6.45, 7) is 2.27. The molecule has 0 saturated carbocycles. The number of aryl methyl sites for hydroxylation is 1. The number of benzene rings is 1. The minimum Gasteiger partial charge on any atom is -0.465 e. The van der Waals surface area contributed by atoms with Gasteiger partial charge in [0.15, 0.2) is 0 Å². The maximum Gasteiger partial charge on any atom is 0.337 e. The summed E-state index contributed by atoms with van der Waals surface area (Å²) in [5.74, 6) is 0.265. The molecule has 0 saturated heterocycles. The van der Waals surface area contributed by atoms with Crippen molar-refractivity contribution >= 4 is 45.0 Å². The Balaban J connectivity index is 1.79. The van der Waals surface area contributed by atoms with E-state index in [1.807, 2.05) is 0 Å². The summed E-state index contributed by atoms with van der Waals surface area (Å²) in [6, 6.07) is 4.71. The van der Waals surface area contributed by atoms with E-state index in [1.165, 1.54) is 37.1 Å². The quantitative estimate of drug-likeness (QED) is 0.646. The highest BCUT2D eigenvalue weighted by molar-refractivity contribution is 7.19. The molecule has 0 bridgehead atoms. The van der Waals surface area contributed by atoms with Crippen LogP contribution in [0.5, 0.6) is 0 Å². The largest absolute Gasteiger partial charge is 0.465 e. The molecule has 2 aromatic heterocycles. The van der Waals surface area contributed by atoms with Crippen LogP contribution < -0.4 is 5.32 Å². The number of ether oxygens (including phenoxy) is 2. The number of rotatable bonds is 4. The third-order valence-corrected chi connectivity index (χ3v) is 6.29. The lowest BCUT2D eigenvalue weighted by atomic mass is 9.89. The summed E-state index contributed by atoms with van der Waals surface area (Å²) in [4.78, 5) is 35.3. The van der Waals surface area contributed by atoms with E-state index in [4.69, 9.17) is 9.47 Å². The van der Waals surface area contributed by atoms with Crippen LogP contribution in [0.1, 0.15) is 44.5 Å². The summed E-state index contributed by atoms with van der Waals surface area (Å²) in [5, 5.41) is 4.29. The van der Waals surface area contributed by atoms with Crippen LogP contribution in [0, 0.1) is 5.92 Å². The van der Waals surface area contributed by atoms with Crippen molar-refractivity contribution in [2.75, 3.05) is 19.5 Å². The van der Waals surface area contributed by atoms with Crippen LogP contribution in [0.15, 0.2) is 24.5 Å². The highest BCUT2D eigenvalue weighted by Gasteiger charge is 2.23. The number of thiophene rings is 1. The second kappa shape index (κ2) is 7.79. The van der Waals surface area contributed by atoms with Crippen LogP contribution >= 0.6 is 11.3 Å². The Hall–Kier alpha value is -3.00. The summed E-state index contributed by atoms with van der Waals surface area (Å²) < 4.78 is 9.62. The van der Waals surface area contributed by atoms with Crippen molar-refractivity contribution < 1.29 is 19.1 Å². The Morgan fingerprint density at radius 3 is 2.45 bits per heavy atom. The summed E-state index contributed by atoms with van der Waals surface area (Å²) >= 11 is 1.71. The average Bonchev–Trinajstić information content (AvgIpc) is 3.10. The van der Waals surface area contributed by atoms with E-state index in [0.717, 1.165) is 29.5 Å². The molecule has 0 spiro atoms. The lowest BCUT2D eigenvalue weighted by Crippen LogP contribution is -2.09. The van der Waals surface area contributed by atoms with Gasteiger partial charge in [0.25, 0.3) is 0 Å². The Labute approximate surface area is 172 Å². The fourth-order valence-corrected chi connectivity index (χ4v) is 5.03. The van der Waals surface area contributed by atoms with E-state index in [1.54, 1.807) is 23.5 Å². The zero-order valence-electron chi connectivity index (χ0n) is 16.4. The first kappa shape index (κ1) is 19.3. The Kier molecular flexibility index (Phi) is 5.19. The van der Waals surface area contributed by atoms with Gasteiger partial charge in [0.05, 0.1) is 30.7 Å². The third-order valence-electron chi connectivity index (χ3n) is 5.13. The van der Waals surface area contributed by atoms with Gasteiger partial charge in [-0.2, -0.15) is 0 Å². The number of hydrogen-bond acceptors (Lipinski definition) is 8. The molecule has 1 atom stereocenters. The van der Waals surface area contributed by atoms with Crippen LogP contribution in [-0.2, 0) is 22.3 Å². The molecule has 1 aliphatic carbocycles. The van der Waals surface area contributed by atoms with Gasteiger partial charge in [0.2, 0.25) is 0 Å². The number of carbonyl (C=O) groups excluding carboxylic acids is 2. The van der Waals surface area contributed by atoms with Gasteiger partial charge in [-0.15, -0.1) is 11.3 Å². The van der Waals surface area contributed by atoms with E-state index >= 15 is 0 Å². The van der Waals surface area contributed by atoms with Crippen molar-refractivity contribution in [1.82, 2.24) is 9.97 Å². The molecule has 1 unspecified atom stereocenters. The van der Waals surface area contributed by atoms with Gasteiger partial charge in [0, 0.05) is 10.6 Å². The van der Waals surface area contributed by atoms with Crippen molar-refractivity contribution in [2.45, 2.75) is 26.2 Å². The normalized spacial score (nSPS) is 15.6. The molecule has 1 N–H and O–H groups in total. The Morgan fingerprint density at radius 1 is 1.10 bits per heavy atom. The maximum absolute atomic E-state index is 12.0. The minimum absolute atomic E-state index is 0.254. The minimum atomic E-state index is -0.534. The predicted octanol–water partition coefficient (Wildman–Crippen LogP) is 4.13. The fourth-order valence-electron chi connectivity index (χ4n) is 3.68. The van der Waals surface area contributed by atoms with Crippen molar-refractivity contribution in [3.8, 4) is 0 Å². The molecular weight excluding hydrogens is 390 g/mol. The SMILES string of the molecule is COC(=O)c1cc(Nc2ncnc3sc4c(c23)CCC(C)C4)cc(C(=O)OC)c1. The van der Waals surface area contributed by atoms with Crippen molar-refractivity contribution in [1.29, 1.82) is 0 Å². The molecular formula is C21H21N3O4S. The van der Waals surface area contributed by atoms with Gasteiger partial charge in [-0.25, -0.2) is 19.6 Å². The average molecular weight is 411 g/mol. The van der Waals surface area contributed by atoms with Crippen LogP contribution in [-0.4, -0.2) is 36.1 Å². The number of nitrogens with one attached hydrogen (secondary N) is 1. The fraction of sp³-hybridized carbons (Fsp3) is 0.333. The van der Waals surface area contributed by atoms with Crippen LogP contribution in [0.3, 0.4) is 0 Å². The molecule has 0 amide bonds. The Bertz CT molecular complexity index is 1070. The van der Waals surface area contributed by atoms with Crippen molar-refractivity contribution in [3.63, 3.8) is 0 Å². The molecule has 7 nitrogen and oxygen atoms in total. The van der Waals surface area contributed by atoms with E-state index in [2.05, 4.69) is 22.2 Å². The zero-order valence-corrected chi connectivity index (χ0v) is 17.3. The number of methoxy groups -OCH3 is 2. The van der Waals surface area contributed by atoms with E-state index in [0.29, 0.717) is 17.4 Å². The molecule has 0 aliphatic heterocycles. The molecule has 4 rings (SSSR count). The molecule has 29 heavy (non-hydrogen) atoms. The number of aromatic nitrogens is 2. The van der Waals surface area contributed by atoms with Gasteiger partial charge in [-0.05, 0) is 48.9 Å². The molecule has 8 heteroatoms. The number of hydrogen-bond donors (Lipinski definition) is 1. The summed E-state index contributed by atoms with van der Waals surface area (Å²) in [7, 11) is 2.60. The maximum atomic E-state index is 12.0. The molecule has 1 aromatic carbocycles. The Morgan fingerprint density at radius 2 is 1.79 bits per heavy atom. The molecule has 150 valence electrons. The number of nitrogens with zero attached hydrogens (tertiary/aromatic N) is 2. The third kappa shape index (κ3) is 3.67. The van der Waals surface area contributed by atoms with Crippen molar-refractivity contribution in [3.05, 3.63) is 46.1 Å². The molecule has 0 fully saturated rings. The second-order valence-electron chi connectivity index (χ2n) is 7.16. The van der Waals surface area contributed by atoms with Crippen LogP contribution in [0.4, 0.5) is 11.5 Å². The summed E-state index contributed by atoms with van der Waals surface area (Å²) in [6.07, 6.45) is 4.72. The van der Waals surface area contributed by atoms with Crippen LogP contribution in [0.2, 0.25) is 0 Å². The van der Waals surface area contributed by atoms with Gasteiger partial charge < -0.3 is 14.8 Å². The second-order valence-corrected chi connectivity index (χ2v) is 8.25. The summed E-state index contributed by atoms with van der Waals surface area (Å²) in [5.41, 5.74) is 2.36. The van der Waals surface area contributed by atoms with Crippen molar-refractivity contribution in [2.24, 2.45) is 5.92 Å². The first-order valence-corrected chi connectivity index (χ1v) is 10.2. The van der Waals surface area contributed by atoms with E-state index < -0.39 is 11.9 Å². The highest BCUT2D eigenvalue weighted by atomic mass is 32.1. The number of anilines is 2. The van der Waals surface area contributed by atoms with Crippen LogP contribution in [0.25, 0.3) is 10.2 Å². The lowest BCUT2D eigenvalue weighted by Gasteiger charge is -2.18. The van der Waals surface area contributed by atoms with E-state index in [9.17, 15) is 9.59 Å². The molecule has 1 aliphatic rings. The molecule has 3 aromatic rings. The predicted molar refractivity (Wildman–Crippen MR) is 111 cm³/mol. The first-order chi connectivity index (χ1) is 14.0. The lowest BCUT2D eigenvalue weighted by molar-refractivity contribution is 0.0599. The standard InChI is InChI=1S/C21H21N3O4S/c1-11-4-5-15-16(6-11)29-19-17(15)18(22-10-23-19)24-14-8-12(20(25)27-2)7-13(9-14)21(26)28-3/h7-11H,4-6H2,1-3H3,(H,22,23,24). The topological polar surface area (TPSA) is 90.4 Å². The molecule has 0 radical (unpaired) electrons. The monoisotopic (exact) mass is 411 g/mol. The number of carbonyl (C=O) groups is 2. The van der Waals surface area contributed by atoms with Gasteiger partial charge in [0.1, 0.15) is 17.0 Å². The smallest absolute Gasteiger partial charge is 0.337 e.